The summed E-state index contributed by atoms with van der Waals surface area (Å²) in [6, 6.07) is 24.8. The summed E-state index contributed by atoms with van der Waals surface area (Å²) in [6.45, 7) is 1.96. The highest BCUT2D eigenvalue weighted by Crippen LogP contribution is 2.24. The van der Waals surface area contributed by atoms with Crippen molar-refractivity contribution < 1.29 is 50.9 Å². The summed E-state index contributed by atoms with van der Waals surface area (Å²) in [6.07, 6.45) is -7.41. The number of carboxylic acids is 2. The van der Waals surface area contributed by atoms with E-state index in [9.17, 15) is 26.3 Å². The Labute approximate surface area is 229 Å². The van der Waals surface area contributed by atoms with E-state index in [0.29, 0.717) is 0 Å². The van der Waals surface area contributed by atoms with Crippen molar-refractivity contribution in [3.05, 3.63) is 90.3 Å². The SMILES string of the molecule is CN(CCc1ccccc1)Cc1ccc(Oc2ccc3[nH]cnc3c2)cc1.O=C(O)C(F)(F)F.O=C(O)C(F)(F)F. The molecule has 0 spiro atoms. The molecule has 41 heavy (non-hydrogen) atoms. The Morgan fingerprint density at radius 2 is 1.37 bits per heavy atom. The summed E-state index contributed by atoms with van der Waals surface area (Å²) < 4.78 is 69.4. The van der Waals surface area contributed by atoms with Crippen molar-refractivity contribution in [2.45, 2.75) is 25.3 Å². The van der Waals surface area contributed by atoms with Crippen molar-refractivity contribution >= 4 is 23.0 Å². The zero-order chi connectivity index (χ0) is 30.6. The van der Waals surface area contributed by atoms with Gasteiger partial charge >= 0.3 is 24.3 Å². The maximum absolute atomic E-state index is 10.6. The number of carbonyl (C=O) groups is 2. The van der Waals surface area contributed by atoms with Gasteiger partial charge in [-0.15, -0.1) is 0 Å². The Kier molecular flexibility index (Phi) is 11.7. The topological polar surface area (TPSA) is 116 Å². The van der Waals surface area contributed by atoms with Gasteiger partial charge in [0.25, 0.3) is 0 Å². The molecule has 220 valence electrons. The fourth-order valence-electron chi connectivity index (χ4n) is 3.13. The third-order valence-electron chi connectivity index (χ3n) is 5.11. The summed E-state index contributed by atoms with van der Waals surface area (Å²) in [5.74, 6) is -3.89. The monoisotopic (exact) mass is 585 g/mol. The van der Waals surface area contributed by atoms with E-state index >= 15 is 0 Å². The Morgan fingerprint density at radius 3 is 1.90 bits per heavy atom. The van der Waals surface area contributed by atoms with Crippen LogP contribution >= 0.6 is 0 Å². The number of hydrogen-bond acceptors (Lipinski definition) is 5. The van der Waals surface area contributed by atoms with E-state index in [-0.39, 0.29) is 0 Å². The number of benzene rings is 3. The van der Waals surface area contributed by atoms with E-state index < -0.39 is 24.3 Å². The molecule has 1 aromatic heterocycles. The van der Waals surface area contributed by atoms with Crippen molar-refractivity contribution in [2.24, 2.45) is 0 Å². The van der Waals surface area contributed by atoms with Crippen LogP contribution in [0.5, 0.6) is 11.5 Å². The molecule has 8 nitrogen and oxygen atoms in total. The number of aliphatic carboxylic acids is 2. The van der Waals surface area contributed by atoms with E-state index in [0.717, 1.165) is 42.0 Å². The lowest BCUT2D eigenvalue weighted by Crippen LogP contribution is -2.21. The van der Waals surface area contributed by atoms with Crippen LogP contribution in [0.15, 0.2) is 79.1 Å². The molecule has 4 rings (SSSR count). The van der Waals surface area contributed by atoms with Crippen LogP contribution < -0.4 is 4.74 Å². The third-order valence-corrected chi connectivity index (χ3v) is 5.11. The zero-order valence-electron chi connectivity index (χ0n) is 21.4. The highest BCUT2D eigenvalue weighted by atomic mass is 19.4. The van der Waals surface area contributed by atoms with Gasteiger partial charge in [-0.3, -0.25) is 0 Å². The molecule has 0 radical (unpaired) electrons. The molecule has 3 aromatic carbocycles. The van der Waals surface area contributed by atoms with E-state index in [1.54, 1.807) is 6.33 Å². The Hall–Kier alpha value is -4.59. The molecule has 4 aromatic rings. The highest BCUT2D eigenvalue weighted by molar-refractivity contribution is 5.76. The summed E-state index contributed by atoms with van der Waals surface area (Å²) in [5.41, 5.74) is 4.57. The zero-order valence-corrected chi connectivity index (χ0v) is 21.4. The van der Waals surface area contributed by atoms with Crippen LogP contribution in [-0.2, 0) is 22.6 Å². The van der Waals surface area contributed by atoms with Crippen LogP contribution in [0, 0.1) is 0 Å². The quantitative estimate of drug-likeness (QED) is 0.218. The average Bonchev–Trinajstić information content (AvgIpc) is 3.37. The number of hydrogen-bond donors (Lipinski definition) is 3. The number of fused-ring (bicyclic) bond motifs is 1. The van der Waals surface area contributed by atoms with Gasteiger partial charge < -0.3 is 24.8 Å². The predicted molar refractivity (Wildman–Crippen MR) is 136 cm³/mol. The molecule has 0 fully saturated rings. The molecule has 0 unspecified atom stereocenters. The number of rotatable bonds is 7. The largest absolute Gasteiger partial charge is 0.490 e. The lowest BCUT2D eigenvalue weighted by atomic mass is 10.1. The molecular formula is C27H25F6N3O5. The number of imidazole rings is 1. The molecule has 1 heterocycles. The Morgan fingerprint density at radius 1 is 0.829 bits per heavy atom. The van der Waals surface area contributed by atoms with Crippen molar-refractivity contribution in [3.63, 3.8) is 0 Å². The van der Waals surface area contributed by atoms with Gasteiger partial charge in [-0.2, -0.15) is 26.3 Å². The normalized spacial score (nSPS) is 11.2. The van der Waals surface area contributed by atoms with Crippen LogP contribution in [0.1, 0.15) is 11.1 Å². The standard InChI is InChI=1S/C23H23N3O.2C2HF3O2/c1-26(14-13-18-5-3-2-4-6-18)16-19-7-9-20(10-8-19)27-21-11-12-22-23(15-21)25-17-24-22;2*3-2(4,5)1(6)7/h2-12,15,17H,13-14,16H2,1H3,(H,24,25);2*(H,6,7). The Bertz CT molecular complexity index is 1370. The maximum atomic E-state index is 10.6. The number of aromatic amines is 1. The second-order valence-corrected chi connectivity index (χ2v) is 8.41. The van der Waals surface area contributed by atoms with Crippen molar-refractivity contribution in [2.75, 3.05) is 13.6 Å². The van der Waals surface area contributed by atoms with E-state index in [1.807, 2.05) is 30.3 Å². The summed E-state index contributed by atoms with van der Waals surface area (Å²) >= 11 is 0. The van der Waals surface area contributed by atoms with Crippen LogP contribution in [0.4, 0.5) is 26.3 Å². The second-order valence-electron chi connectivity index (χ2n) is 8.41. The predicted octanol–water partition coefficient (Wildman–Crippen LogP) is 6.30. The van der Waals surface area contributed by atoms with Crippen LogP contribution in [0.25, 0.3) is 11.0 Å². The number of nitrogens with zero attached hydrogens (tertiary/aromatic N) is 2. The highest BCUT2D eigenvalue weighted by Gasteiger charge is 2.38. The van der Waals surface area contributed by atoms with Gasteiger partial charge in [-0.1, -0.05) is 42.5 Å². The molecule has 0 saturated heterocycles. The van der Waals surface area contributed by atoms with Gasteiger partial charge in [0, 0.05) is 19.2 Å². The van der Waals surface area contributed by atoms with E-state index in [2.05, 4.69) is 64.4 Å². The molecular weight excluding hydrogens is 560 g/mol. The summed E-state index contributed by atoms with van der Waals surface area (Å²) in [7, 11) is 2.16. The van der Waals surface area contributed by atoms with Crippen molar-refractivity contribution in [3.8, 4) is 11.5 Å². The Balaban J connectivity index is 0.000000349. The molecule has 0 aliphatic heterocycles. The molecule has 0 aliphatic rings. The third kappa shape index (κ3) is 12.0. The summed E-state index contributed by atoms with van der Waals surface area (Å²) in [4.78, 5) is 27.5. The molecule has 0 saturated carbocycles. The number of nitrogens with one attached hydrogen (secondary N) is 1. The lowest BCUT2D eigenvalue weighted by Gasteiger charge is -2.17. The van der Waals surface area contributed by atoms with Gasteiger partial charge in [0.2, 0.25) is 0 Å². The number of likely N-dealkylation sites (N-methyl/N-ethyl adjacent to an activating group) is 1. The van der Waals surface area contributed by atoms with Crippen molar-refractivity contribution in [1.29, 1.82) is 0 Å². The van der Waals surface area contributed by atoms with Gasteiger partial charge in [0.15, 0.2) is 0 Å². The number of halogens is 6. The minimum absolute atomic E-state index is 0.794. The fraction of sp³-hybridized carbons (Fsp3) is 0.222. The number of alkyl halides is 6. The number of carboxylic acid groups (broad SMARTS) is 2. The first-order valence-corrected chi connectivity index (χ1v) is 11.7. The minimum atomic E-state index is -5.08. The first-order valence-electron chi connectivity index (χ1n) is 11.7. The molecule has 0 bridgehead atoms. The van der Waals surface area contributed by atoms with Gasteiger partial charge in [0.05, 0.1) is 17.4 Å². The molecule has 0 atom stereocenters. The summed E-state index contributed by atoms with van der Waals surface area (Å²) in [5, 5.41) is 14.2. The average molecular weight is 586 g/mol. The van der Waals surface area contributed by atoms with Crippen LogP contribution in [0.2, 0.25) is 0 Å². The number of H-pyrrole nitrogens is 1. The fourth-order valence-corrected chi connectivity index (χ4v) is 3.13. The lowest BCUT2D eigenvalue weighted by molar-refractivity contribution is -0.193. The van der Waals surface area contributed by atoms with E-state index in [1.165, 1.54) is 11.1 Å². The van der Waals surface area contributed by atoms with Gasteiger partial charge in [-0.25, -0.2) is 14.6 Å². The smallest absolute Gasteiger partial charge is 0.475 e. The first kappa shape index (κ1) is 32.6. The second kappa shape index (κ2) is 14.7. The minimum Gasteiger partial charge on any atom is -0.475 e. The van der Waals surface area contributed by atoms with Crippen LogP contribution in [0.3, 0.4) is 0 Å². The van der Waals surface area contributed by atoms with Gasteiger partial charge in [-0.05, 0) is 48.9 Å². The maximum Gasteiger partial charge on any atom is 0.490 e. The molecule has 0 amide bonds. The van der Waals surface area contributed by atoms with Crippen molar-refractivity contribution in [1.82, 2.24) is 14.9 Å². The molecule has 3 N–H and O–H groups in total. The number of ether oxygens (including phenoxy) is 1. The van der Waals surface area contributed by atoms with Gasteiger partial charge in [0.1, 0.15) is 11.5 Å². The van der Waals surface area contributed by atoms with E-state index in [4.69, 9.17) is 24.5 Å². The molecule has 0 aliphatic carbocycles. The number of aromatic nitrogens is 2. The van der Waals surface area contributed by atoms with Crippen LogP contribution in [-0.4, -0.2) is 63.0 Å². The first-order chi connectivity index (χ1) is 19.1. The molecule has 14 heteroatoms.